The highest BCUT2D eigenvalue weighted by atomic mass is 32.2. The third-order valence-electron chi connectivity index (χ3n) is 6.92. The predicted molar refractivity (Wildman–Crippen MR) is 180 cm³/mol. The number of aliphatic hydroxyl groups is 2. The van der Waals surface area contributed by atoms with E-state index in [1.165, 1.54) is 25.6 Å². The van der Waals surface area contributed by atoms with E-state index in [0.717, 1.165) is 23.6 Å². The molecule has 23 nitrogen and oxygen atoms in total. The van der Waals surface area contributed by atoms with Gasteiger partial charge in [0.25, 0.3) is 0 Å². The summed E-state index contributed by atoms with van der Waals surface area (Å²) in [5.41, 5.74) is 4.30. The maximum atomic E-state index is 12.6. The number of aliphatic hydroxyl groups excluding tert-OH is 2. The molecule has 1 aliphatic rings. The number of hydrogen-bond acceptors (Lipinski definition) is 17. The smallest absolute Gasteiger partial charge is 0.386 e. The Morgan fingerprint density at radius 1 is 1.12 bits per heavy atom. The van der Waals surface area contributed by atoms with Crippen molar-refractivity contribution in [3.8, 4) is 11.2 Å². The second-order valence-electron chi connectivity index (χ2n) is 11.6. The van der Waals surface area contributed by atoms with Crippen LogP contribution in [0, 0.1) is 16.6 Å². The van der Waals surface area contributed by atoms with Crippen molar-refractivity contribution in [1.29, 1.82) is 0 Å². The van der Waals surface area contributed by atoms with E-state index in [1.54, 1.807) is 0 Å². The minimum atomic E-state index is -5.55. The number of hydrogen-bond donors (Lipinski definition) is 9. The fourth-order valence-corrected chi connectivity index (χ4v) is 7.74. The topological polar surface area (TPSA) is 347 Å². The molecule has 0 aromatic carbocycles. The van der Waals surface area contributed by atoms with Crippen LogP contribution in [0.5, 0.6) is 0 Å². The number of phosphoric ester groups is 3. The molecule has 52 heavy (non-hydrogen) atoms. The van der Waals surface area contributed by atoms with E-state index in [0.29, 0.717) is 12.3 Å². The number of nitrogens with one attached hydrogen (secondary N) is 2. The summed E-state index contributed by atoms with van der Waals surface area (Å²) in [6.45, 7) is 2.68. The van der Waals surface area contributed by atoms with Crippen molar-refractivity contribution in [1.82, 2.24) is 30.2 Å². The van der Waals surface area contributed by atoms with Crippen LogP contribution >= 0.6 is 35.2 Å². The third-order valence-corrected chi connectivity index (χ3v) is 10.7. The first kappa shape index (κ1) is 43.9. The van der Waals surface area contributed by atoms with Gasteiger partial charge in [0.15, 0.2) is 17.7 Å². The second-order valence-corrected chi connectivity index (χ2v) is 16.7. The number of nitrogens with two attached hydrogens (primary N) is 1. The molecule has 0 spiro atoms. The molecule has 0 radical (unpaired) electrons. The van der Waals surface area contributed by atoms with E-state index in [1.807, 2.05) is 6.92 Å². The number of nitrogens with zero attached hydrogens (tertiary/aromatic N) is 4. The van der Waals surface area contributed by atoms with Crippen LogP contribution in [0.25, 0.3) is 11.2 Å². The number of aromatic nitrogens is 4. The molecule has 10 N–H and O–H groups in total. The van der Waals surface area contributed by atoms with E-state index in [9.17, 15) is 53.1 Å². The van der Waals surface area contributed by atoms with Crippen LogP contribution in [-0.4, -0.2) is 118 Å². The molecule has 3 heterocycles. The van der Waals surface area contributed by atoms with Crippen molar-refractivity contribution < 1.29 is 75.7 Å². The Kier molecular flexibility index (Phi) is 15.7. The maximum Gasteiger partial charge on any atom is 0.481 e. The number of imidazole rings is 1. The Morgan fingerprint density at radius 3 is 2.48 bits per heavy atom. The van der Waals surface area contributed by atoms with Gasteiger partial charge in [0.2, 0.25) is 11.8 Å². The maximum absolute atomic E-state index is 12.6. The number of anilines is 1. The van der Waals surface area contributed by atoms with Crippen molar-refractivity contribution in [3.05, 3.63) is 12.7 Å². The largest absolute Gasteiger partial charge is 0.481 e. The third kappa shape index (κ3) is 13.1. The van der Waals surface area contributed by atoms with Gasteiger partial charge in [-0.05, 0) is 5.25 Å². The van der Waals surface area contributed by atoms with Crippen LogP contribution in [-0.2, 0) is 45.9 Å². The van der Waals surface area contributed by atoms with Gasteiger partial charge in [-0.2, -0.15) is 4.31 Å². The molecule has 1 aliphatic heterocycles. The summed E-state index contributed by atoms with van der Waals surface area (Å²) in [5, 5.41) is 29.2. The normalized spacial score (nSPS) is 22.2. The van der Waals surface area contributed by atoms with Crippen LogP contribution in [0.1, 0.15) is 39.8 Å². The Balaban J connectivity index is 1.53. The first-order chi connectivity index (χ1) is 24.2. The quantitative estimate of drug-likeness (QED) is 0.0490. The van der Waals surface area contributed by atoms with Crippen LogP contribution in [0.15, 0.2) is 12.7 Å². The molecule has 1 fully saturated rings. The average molecular weight is 820 g/mol. The zero-order valence-corrected chi connectivity index (χ0v) is 31.4. The number of carbonyl (C=O) groups is 2. The van der Waals surface area contributed by atoms with Gasteiger partial charge in [0.1, 0.15) is 36.3 Å². The lowest BCUT2D eigenvalue weighted by molar-refractivity contribution is -0.137. The lowest BCUT2D eigenvalue weighted by Crippen LogP contribution is -2.46. The van der Waals surface area contributed by atoms with Gasteiger partial charge < -0.3 is 50.9 Å². The summed E-state index contributed by atoms with van der Waals surface area (Å²) < 4.78 is 62.0. The van der Waals surface area contributed by atoms with Crippen molar-refractivity contribution >= 4 is 64.0 Å². The second kappa shape index (κ2) is 18.7. The zero-order valence-electron chi connectivity index (χ0n) is 27.9. The summed E-state index contributed by atoms with van der Waals surface area (Å²) in [5.74, 6) is 2.11. The monoisotopic (exact) mass is 819 g/mol. The van der Waals surface area contributed by atoms with Crippen LogP contribution in [0.4, 0.5) is 5.82 Å². The first-order valence-electron chi connectivity index (χ1n) is 15.1. The highest BCUT2D eigenvalue weighted by Crippen LogP contribution is 2.61. The number of nitrogen functional groups attached to an aromatic ring is 1. The van der Waals surface area contributed by atoms with E-state index in [-0.39, 0.29) is 35.9 Å². The fraction of sp³-hybridized carbons (Fsp3) is 0.640. The number of phosphoric acid groups is 3. The van der Waals surface area contributed by atoms with Gasteiger partial charge in [-0.3, -0.25) is 27.7 Å². The molecule has 2 aromatic rings. The van der Waals surface area contributed by atoms with Crippen molar-refractivity contribution in [2.75, 3.05) is 37.8 Å². The molecule has 1 saturated heterocycles. The van der Waals surface area contributed by atoms with Crippen LogP contribution in [0.3, 0.4) is 0 Å². The number of rotatable bonds is 19. The molecule has 0 bridgehead atoms. The van der Waals surface area contributed by atoms with Gasteiger partial charge in [0.05, 0.1) is 19.5 Å². The number of carbonyl (C=O) groups excluding carboxylic acids is 2. The molecule has 0 aliphatic carbocycles. The molecule has 27 heteroatoms. The Labute approximate surface area is 300 Å². The van der Waals surface area contributed by atoms with Gasteiger partial charge in [-0.25, -0.2) is 28.6 Å². The lowest BCUT2D eigenvalue weighted by atomic mass is 9.87. The predicted octanol–water partition coefficient (Wildman–Crippen LogP) is -0.491. The van der Waals surface area contributed by atoms with E-state index < -0.39 is 78.6 Å². The van der Waals surface area contributed by atoms with Crippen molar-refractivity contribution in [3.63, 3.8) is 0 Å². The summed E-state index contributed by atoms with van der Waals surface area (Å²) in [6.07, 6.45) is -6.04. The first-order valence-corrected chi connectivity index (χ1v) is 20.7. The average Bonchev–Trinajstić information content (AvgIpc) is 3.60. The molecule has 2 unspecified atom stereocenters. The molecular formula is C25H40N7O16P3S. The highest BCUT2D eigenvalue weighted by Gasteiger charge is 2.50. The lowest BCUT2D eigenvalue weighted by Gasteiger charge is -2.30. The SMILES string of the molecule is CCC#CSCCNC(=O)CCNC(=O)[C@H](O)C(C)(C)COP(=O)(O)OP(=O)(O)OC[C@H]1O[C@@H](n2cnc3c(N)ncnc32)[C@H](O)[C@@H]1OP(=O)(O)O. The van der Waals surface area contributed by atoms with Crippen LogP contribution < -0.4 is 16.4 Å². The summed E-state index contributed by atoms with van der Waals surface area (Å²) in [6, 6.07) is 0. The summed E-state index contributed by atoms with van der Waals surface area (Å²) in [7, 11) is -16.3. The van der Waals surface area contributed by atoms with E-state index >= 15 is 0 Å². The van der Waals surface area contributed by atoms with Crippen LogP contribution in [0.2, 0.25) is 0 Å². The number of fused-ring (bicyclic) bond motifs is 1. The standard InChI is InChI=1S/C25H40N7O16P3S/c1-4-5-9-52-10-8-27-16(33)6-7-28-23(36)20(35)25(2,3)12-45-51(42,43)48-50(40,41)44-11-15-19(47-49(37,38)39)18(34)24(46-15)32-14-31-17-21(26)29-13-30-22(17)32/h13-15,18-20,24,34-35H,4,6-8,10-12H2,1-3H3,(H,27,33)(H,28,36)(H,40,41)(H,42,43)(H2,26,29,30)(H2,37,38,39)/t15-,18-,19-,20+,24-/m1/s1. The minimum Gasteiger partial charge on any atom is -0.386 e. The van der Waals surface area contributed by atoms with Gasteiger partial charge in [-0.1, -0.05) is 38.5 Å². The minimum absolute atomic E-state index is 0.0366. The van der Waals surface area contributed by atoms with Crippen molar-refractivity contribution in [2.24, 2.45) is 5.41 Å². The summed E-state index contributed by atoms with van der Waals surface area (Å²) in [4.78, 5) is 75.2. The fourth-order valence-electron chi connectivity index (χ4n) is 4.36. The Morgan fingerprint density at radius 2 is 1.81 bits per heavy atom. The molecular weight excluding hydrogens is 779 g/mol. The molecule has 3 rings (SSSR count). The number of ether oxygens (including phenoxy) is 1. The zero-order chi connectivity index (χ0) is 38.9. The van der Waals surface area contributed by atoms with E-state index in [2.05, 4.69) is 45.6 Å². The highest BCUT2D eigenvalue weighted by molar-refractivity contribution is 8.03. The van der Waals surface area contributed by atoms with Gasteiger partial charge in [-0.15, -0.1) is 0 Å². The molecule has 7 atom stereocenters. The number of thioether (sulfide) groups is 1. The van der Waals surface area contributed by atoms with E-state index in [4.69, 9.17) is 19.5 Å². The van der Waals surface area contributed by atoms with Crippen molar-refractivity contribution in [2.45, 2.75) is 64.3 Å². The molecule has 0 saturated carbocycles. The molecule has 2 amide bonds. The Bertz CT molecular complexity index is 1770. The number of amides is 2. The van der Waals surface area contributed by atoms with Gasteiger partial charge in [0, 0.05) is 37.1 Å². The van der Waals surface area contributed by atoms with Gasteiger partial charge >= 0.3 is 23.5 Å². The summed E-state index contributed by atoms with van der Waals surface area (Å²) >= 11 is 1.35. The Hall–Kier alpha value is -2.55. The molecule has 292 valence electrons. The molecule has 2 aromatic heterocycles.